The normalized spacial score (nSPS) is 15.0. The highest BCUT2D eigenvalue weighted by Crippen LogP contribution is 2.31. The number of ether oxygens (including phenoxy) is 1. The maximum Gasteiger partial charge on any atom is 0.229 e. The maximum atomic E-state index is 13.3. The SMILES string of the molecule is Cc1ccc(S(=O)(=O)CCC(=O)N(CCCN2CCOCC2)c2nc3ccc(Br)cc3s2)cc1. The van der Waals surface area contributed by atoms with Crippen molar-refractivity contribution in [3.8, 4) is 0 Å². The molecule has 0 unspecified atom stereocenters. The lowest BCUT2D eigenvalue weighted by atomic mass is 10.2. The summed E-state index contributed by atoms with van der Waals surface area (Å²) in [7, 11) is -3.55. The van der Waals surface area contributed by atoms with Crippen LogP contribution in [-0.4, -0.2) is 69.4 Å². The number of benzene rings is 2. The molecule has 0 spiro atoms. The molecule has 1 saturated heterocycles. The van der Waals surface area contributed by atoms with Gasteiger partial charge >= 0.3 is 0 Å². The first-order valence-corrected chi connectivity index (χ1v) is 14.5. The van der Waals surface area contributed by atoms with Gasteiger partial charge in [-0.05, 0) is 43.7 Å². The van der Waals surface area contributed by atoms with Gasteiger partial charge in [0.05, 0.1) is 34.1 Å². The predicted octanol–water partition coefficient (Wildman–Crippen LogP) is 4.29. The predicted molar refractivity (Wildman–Crippen MR) is 139 cm³/mol. The summed E-state index contributed by atoms with van der Waals surface area (Å²) in [6.07, 6.45) is 0.684. The third kappa shape index (κ3) is 6.42. The van der Waals surface area contributed by atoms with Crippen molar-refractivity contribution in [2.45, 2.75) is 24.7 Å². The molecule has 182 valence electrons. The van der Waals surface area contributed by atoms with Crippen molar-refractivity contribution < 1.29 is 17.9 Å². The Balaban J connectivity index is 1.48. The first-order valence-electron chi connectivity index (χ1n) is 11.3. The highest BCUT2D eigenvalue weighted by atomic mass is 79.9. The molecule has 4 rings (SSSR count). The number of aryl methyl sites for hydroxylation is 1. The van der Waals surface area contributed by atoms with E-state index in [0.717, 1.165) is 59.5 Å². The second-order valence-corrected chi connectivity index (χ2v) is 12.4. The number of sulfone groups is 1. The molecule has 3 aromatic rings. The average Bonchev–Trinajstić information content (AvgIpc) is 3.24. The van der Waals surface area contributed by atoms with Crippen LogP contribution < -0.4 is 4.90 Å². The molecule has 1 aromatic heterocycles. The molecular weight excluding hydrogens is 538 g/mol. The topological polar surface area (TPSA) is 79.8 Å². The lowest BCUT2D eigenvalue weighted by Crippen LogP contribution is -2.39. The number of carbonyl (C=O) groups excluding carboxylic acids is 1. The van der Waals surface area contributed by atoms with Crippen LogP contribution in [0.25, 0.3) is 10.2 Å². The smallest absolute Gasteiger partial charge is 0.229 e. The van der Waals surface area contributed by atoms with Gasteiger partial charge in [-0.25, -0.2) is 13.4 Å². The first kappa shape index (κ1) is 25.2. The zero-order chi connectivity index (χ0) is 24.1. The molecule has 2 aromatic carbocycles. The van der Waals surface area contributed by atoms with Crippen molar-refractivity contribution in [1.29, 1.82) is 0 Å². The number of anilines is 1. The number of halogens is 1. The summed E-state index contributed by atoms with van der Waals surface area (Å²) in [5.74, 6) is -0.457. The molecule has 2 heterocycles. The number of hydrogen-bond donors (Lipinski definition) is 0. The molecule has 34 heavy (non-hydrogen) atoms. The van der Waals surface area contributed by atoms with E-state index in [0.29, 0.717) is 11.7 Å². The summed E-state index contributed by atoms with van der Waals surface area (Å²) in [5, 5.41) is 0.604. The number of aromatic nitrogens is 1. The zero-order valence-electron chi connectivity index (χ0n) is 19.1. The number of nitrogens with zero attached hydrogens (tertiary/aromatic N) is 3. The van der Waals surface area contributed by atoms with E-state index in [2.05, 4.69) is 25.8 Å². The van der Waals surface area contributed by atoms with E-state index in [1.807, 2.05) is 25.1 Å². The monoisotopic (exact) mass is 565 g/mol. The van der Waals surface area contributed by atoms with Crippen LogP contribution in [-0.2, 0) is 19.4 Å². The Morgan fingerprint density at radius 1 is 1.18 bits per heavy atom. The lowest BCUT2D eigenvalue weighted by molar-refractivity contribution is -0.118. The van der Waals surface area contributed by atoms with E-state index < -0.39 is 9.84 Å². The van der Waals surface area contributed by atoms with E-state index in [1.54, 1.807) is 29.2 Å². The maximum absolute atomic E-state index is 13.3. The van der Waals surface area contributed by atoms with Gasteiger partial charge in [0.25, 0.3) is 0 Å². The quantitative estimate of drug-likeness (QED) is 0.385. The number of morpholine rings is 1. The molecule has 0 atom stereocenters. The molecule has 1 aliphatic heterocycles. The molecule has 0 N–H and O–H groups in total. The number of carbonyl (C=O) groups is 1. The minimum absolute atomic E-state index is 0.0899. The Hall–Kier alpha value is -1.85. The summed E-state index contributed by atoms with van der Waals surface area (Å²) >= 11 is 4.93. The molecule has 1 amide bonds. The largest absolute Gasteiger partial charge is 0.379 e. The Morgan fingerprint density at radius 3 is 2.65 bits per heavy atom. The average molecular weight is 567 g/mol. The third-order valence-electron chi connectivity index (χ3n) is 5.80. The highest BCUT2D eigenvalue weighted by Gasteiger charge is 2.23. The summed E-state index contributed by atoms with van der Waals surface area (Å²) in [5.41, 5.74) is 1.81. The van der Waals surface area contributed by atoms with Crippen molar-refractivity contribution in [2.75, 3.05) is 50.0 Å². The fraction of sp³-hybridized carbons (Fsp3) is 0.417. The van der Waals surface area contributed by atoms with Crippen LogP contribution in [0.1, 0.15) is 18.4 Å². The second kappa shape index (κ2) is 11.3. The minimum atomic E-state index is -3.55. The highest BCUT2D eigenvalue weighted by molar-refractivity contribution is 9.10. The molecule has 7 nitrogen and oxygen atoms in total. The summed E-state index contributed by atoms with van der Waals surface area (Å²) in [6.45, 7) is 6.48. The van der Waals surface area contributed by atoms with Gasteiger partial charge in [0, 0.05) is 37.1 Å². The van der Waals surface area contributed by atoms with Crippen LogP contribution in [0.2, 0.25) is 0 Å². The van der Waals surface area contributed by atoms with E-state index in [4.69, 9.17) is 4.74 Å². The standard InChI is InChI=1S/C24H28BrN3O4S2/c1-18-3-6-20(7-4-18)34(30,31)16-9-23(29)28(11-2-10-27-12-14-32-15-13-27)24-26-21-8-5-19(25)17-22(21)33-24/h3-8,17H,2,9-16H2,1H3. The molecule has 0 aliphatic carbocycles. The van der Waals surface area contributed by atoms with Crippen LogP contribution in [0.4, 0.5) is 5.13 Å². The minimum Gasteiger partial charge on any atom is -0.379 e. The van der Waals surface area contributed by atoms with E-state index >= 15 is 0 Å². The van der Waals surface area contributed by atoms with Gasteiger partial charge in [-0.15, -0.1) is 0 Å². The molecule has 1 fully saturated rings. The summed E-state index contributed by atoms with van der Waals surface area (Å²) in [6, 6.07) is 12.6. The van der Waals surface area contributed by atoms with Crippen LogP contribution in [0.5, 0.6) is 0 Å². The van der Waals surface area contributed by atoms with Crippen LogP contribution in [0.15, 0.2) is 51.8 Å². The number of fused-ring (bicyclic) bond motifs is 1. The lowest BCUT2D eigenvalue weighted by Gasteiger charge is -2.27. The fourth-order valence-electron chi connectivity index (χ4n) is 3.83. The van der Waals surface area contributed by atoms with Crippen LogP contribution in [0, 0.1) is 6.92 Å². The van der Waals surface area contributed by atoms with Crippen LogP contribution in [0.3, 0.4) is 0 Å². The van der Waals surface area contributed by atoms with Crippen molar-refractivity contribution in [1.82, 2.24) is 9.88 Å². The van der Waals surface area contributed by atoms with Crippen LogP contribution >= 0.6 is 27.3 Å². The Labute approximate surface area is 212 Å². The third-order valence-corrected chi connectivity index (χ3v) is 9.06. The molecule has 0 saturated carbocycles. The van der Waals surface area contributed by atoms with Gasteiger partial charge in [0.1, 0.15) is 0 Å². The molecule has 1 aliphatic rings. The summed E-state index contributed by atoms with van der Waals surface area (Å²) < 4.78 is 32.9. The molecule has 0 bridgehead atoms. The van der Waals surface area contributed by atoms with Crippen molar-refractivity contribution in [2.24, 2.45) is 0 Å². The Bertz CT molecular complexity index is 1240. The molecule has 0 radical (unpaired) electrons. The van der Waals surface area contributed by atoms with Crippen molar-refractivity contribution >= 4 is 58.4 Å². The van der Waals surface area contributed by atoms with E-state index in [9.17, 15) is 13.2 Å². The van der Waals surface area contributed by atoms with E-state index in [-0.39, 0.29) is 23.0 Å². The fourth-order valence-corrected chi connectivity index (χ4v) is 6.62. The van der Waals surface area contributed by atoms with Gasteiger partial charge in [0.15, 0.2) is 15.0 Å². The van der Waals surface area contributed by atoms with Gasteiger partial charge in [-0.3, -0.25) is 14.6 Å². The van der Waals surface area contributed by atoms with Gasteiger partial charge in [0.2, 0.25) is 5.91 Å². The van der Waals surface area contributed by atoms with Gasteiger partial charge in [-0.2, -0.15) is 0 Å². The number of hydrogen-bond acceptors (Lipinski definition) is 7. The zero-order valence-corrected chi connectivity index (χ0v) is 22.3. The van der Waals surface area contributed by atoms with Crippen molar-refractivity contribution in [3.63, 3.8) is 0 Å². The Kier molecular flexibility index (Phi) is 8.36. The Morgan fingerprint density at radius 2 is 1.91 bits per heavy atom. The van der Waals surface area contributed by atoms with E-state index in [1.165, 1.54) is 11.3 Å². The number of thiazole rings is 1. The summed E-state index contributed by atoms with van der Waals surface area (Å²) in [4.78, 5) is 22.2. The van der Waals surface area contributed by atoms with Gasteiger partial charge in [-0.1, -0.05) is 45.0 Å². The second-order valence-electron chi connectivity index (χ2n) is 8.34. The van der Waals surface area contributed by atoms with Crippen molar-refractivity contribution in [3.05, 3.63) is 52.5 Å². The number of rotatable bonds is 9. The number of amides is 1. The first-order chi connectivity index (χ1) is 16.3. The van der Waals surface area contributed by atoms with Gasteiger partial charge < -0.3 is 4.74 Å². The molecule has 10 heteroatoms. The molecular formula is C24H28BrN3O4S2.